The molecule has 8 nitrogen and oxygen atoms in total. The minimum absolute atomic E-state index is 0.0467. The van der Waals surface area contributed by atoms with E-state index in [2.05, 4.69) is 5.32 Å². The lowest BCUT2D eigenvalue weighted by Gasteiger charge is -2.08. The highest BCUT2D eigenvalue weighted by atomic mass is 16.6. The number of nitro groups is 1. The van der Waals surface area contributed by atoms with Gasteiger partial charge in [-0.3, -0.25) is 14.9 Å². The number of carbonyl (C=O) groups is 1. The van der Waals surface area contributed by atoms with Gasteiger partial charge in [-0.15, -0.1) is 0 Å². The first-order chi connectivity index (χ1) is 13.0. The van der Waals surface area contributed by atoms with E-state index in [1.165, 1.54) is 24.3 Å². The molecule has 1 aromatic heterocycles. The second-order valence-electron chi connectivity index (χ2n) is 5.59. The number of hydrogen-bond donors (Lipinski definition) is 2. The van der Waals surface area contributed by atoms with Crippen molar-refractivity contribution in [2.75, 3.05) is 11.9 Å². The highest BCUT2D eigenvalue weighted by Gasteiger charge is 2.08. The molecule has 0 fully saturated rings. The molecular formula is C19H16N2O6. The van der Waals surface area contributed by atoms with E-state index in [-0.39, 0.29) is 24.8 Å². The van der Waals surface area contributed by atoms with Gasteiger partial charge < -0.3 is 19.6 Å². The zero-order valence-electron chi connectivity index (χ0n) is 14.1. The summed E-state index contributed by atoms with van der Waals surface area (Å²) in [5.41, 5.74) is 1.36. The number of benzene rings is 2. The van der Waals surface area contributed by atoms with Gasteiger partial charge in [-0.1, -0.05) is 0 Å². The predicted octanol–water partition coefficient (Wildman–Crippen LogP) is 3.36. The number of amides is 1. The first-order valence-corrected chi connectivity index (χ1v) is 8.02. The van der Waals surface area contributed by atoms with Gasteiger partial charge in [0.15, 0.2) is 6.61 Å². The van der Waals surface area contributed by atoms with Gasteiger partial charge in [0.1, 0.15) is 23.9 Å². The molecule has 2 N–H and O–H groups in total. The molecule has 0 atom stereocenters. The number of hydrogen-bond acceptors (Lipinski definition) is 6. The van der Waals surface area contributed by atoms with Gasteiger partial charge in [0, 0.05) is 23.4 Å². The molecule has 0 unspecified atom stereocenters. The third-order valence-electron chi connectivity index (χ3n) is 3.69. The molecule has 0 aliphatic carbocycles. The van der Waals surface area contributed by atoms with E-state index in [0.717, 1.165) is 5.56 Å². The van der Waals surface area contributed by atoms with Crippen LogP contribution in [0.15, 0.2) is 65.1 Å². The van der Waals surface area contributed by atoms with Crippen molar-refractivity contribution < 1.29 is 24.0 Å². The molecule has 0 radical (unpaired) electrons. The molecule has 138 valence electrons. The van der Waals surface area contributed by atoms with E-state index in [1.54, 1.807) is 36.4 Å². The fourth-order valence-electron chi connectivity index (χ4n) is 2.35. The molecule has 0 saturated heterocycles. The summed E-state index contributed by atoms with van der Waals surface area (Å²) < 4.78 is 10.8. The normalized spacial score (nSPS) is 10.4. The Morgan fingerprint density at radius 1 is 1.07 bits per heavy atom. The highest BCUT2D eigenvalue weighted by molar-refractivity contribution is 5.92. The topological polar surface area (TPSA) is 115 Å². The number of aliphatic hydroxyl groups excluding tert-OH is 1. The quantitative estimate of drug-likeness (QED) is 0.488. The molecule has 27 heavy (non-hydrogen) atoms. The van der Waals surface area contributed by atoms with Crippen LogP contribution in [-0.2, 0) is 11.4 Å². The Morgan fingerprint density at radius 2 is 1.78 bits per heavy atom. The SMILES string of the molecule is O=C(COc1ccc([N+](=O)[O-])cc1)Nc1ccc(-c2ccc(CO)o2)cc1. The number of nitrogens with zero attached hydrogens (tertiary/aromatic N) is 1. The van der Waals surface area contributed by atoms with Crippen LogP contribution in [0.2, 0.25) is 0 Å². The van der Waals surface area contributed by atoms with Crippen molar-refractivity contribution >= 4 is 17.3 Å². The average Bonchev–Trinajstić information content (AvgIpc) is 3.16. The van der Waals surface area contributed by atoms with Gasteiger partial charge in [0.05, 0.1) is 4.92 Å². The summed E-state index contributed by atoms with van der Waals surface area (Å²) in [5.74, 6) is 1.11. The molecule has 3 aromatic rings. The van der Waals surface area contributed by atoms with E-state index in [1.807, 2.05) is 0 Å². The van der Waals surface area contributed by atoms with Crippen LogP contribution in [0.4, 0.5) is 11.4 Å². The summed E-state index contributed by atoms with van der Waals surface area (Å²) in [6.07, 6.45) is 0. The number of carbonyl (C=O) groups excluding carboxylic acids is 1. The molecule has 2 aromatic carbocycles. The molecule has 8 heteroatoms. The number of nitro benzene ring substituents is 1. The van der Waals surface area contributed by atoms with Gasteiger partial charge >= 0.3 is 0 Å². The molecule has 0 aliphatic rings. The number of anilines is 1. The van der Waals surface area contributed by atoms with E-state index >= 15 is 0 Å². The second-order valence-corrected chi connectivity index (χ2v) is 5.59. The molecule has 0 spiro atoms. The van der Waals surface area contributed by atoms with Crippen LogP contribution in [0.1, 0.15) is 5.76 Å². The van der Waals surface area contributed by atoms with Crippen molar-refractivity contribution in [2.45, 2.75) is 6.61 Å². The number of ether oxygens (including phenoxy) is 1. The maximum absolute atomic E-state index is 12.0. The fraction of sp³-hybridized carbons (Fsp3) is 0.105. The molecule has 1 amide bonds. The van der Waals surface area contributed by atoms with Gasteiger partial charge in [-0.2, -0.15) is 0 Å². The molecule has 0 aliphatic heterocycles. The maximum Gasteiger partial charge on any atom is 0.269 e. The van der Waals surface area contributed by atoms with Gasteiger partial charge in [-0.25, -0.2) is 0 Å². The first-order valence-electron chi connectivity index (χ1n) is 8.02. The Morgan fingerprint density at radius 3 is 2.37 bits per heavy atom. The molecule has 0 saturated carbocycles. The Hall–Kier alpha value is -3.65. The third kappa shape index (κ3) is 4.71. The summed E-state index contributed by atoms with van der Waals surface area (Å²) >= 11 is 0. The third-order valence-corrected chi connectivity index (χ3v) is 3.69. The van der Waals surface area contributed by atoms with E-state index in [0.29, 0.717) is 23.0 Å². The van der Waals surface area contributed by atoms with E-state index in [9.17, 15) is 14.9 Å². The minimum Gasteiger partial charge on any atom is -0.484 e. The molecule has 1 heterocycles. The Labute approximate surface area is 154 Å². The van der Waals surface area contributed by atoms with Crippen molar-refractivity contribution in [3.05, 3.63) is 76.5 Å². The number of aliphatic hydroxyl groups is 1. The number of furan rings is 1. The van der Waals surface area contributed by atoms with Crippen LogP contribution in [0.3, 0.4) is 0 Å². The Balaban J connectivity index is 1.53. The van der Waals surface area contributed by atoms with Crippen molar-refractivity contribution in [3.63, 3.8) is 0 Å². The standard InChI is InChI=1S/C19H16N2O6/c22-11-17-9-10-18(27-17)13-1-3-14(4-2-13)20-19(23)12-26-16-7-5-15(6-8-16)21(24)25/h1-10,22H,11-12H2,(H,20,23). The predicted molar refractivity (Wildman–Crippen MR) is 97.3 cm³/mol. The van der Waals surface area contributed by atoms with Crippen LogP contribution in [-0.4, -0.2) is 22.5 Å². The highest BCUT2D eigenvalue weighted by Crippen LogP contribution is 2.24. The zero-order valence-corrected chi connectivity index (χ0v) is 14.1. The van der Waals surface area contributed by atoms with Crippen molar-refractivity contribution in [3.8, 4) is 17.1 Å². The largest absolute Gasteiger partial charge is 0.484 e. The molecule has 0 bridgehead atoms. The summed E-state index contributed by atoms with van der Waals surface area (Å²) in [4.78, 5) is 22.1. The van der Waals surface area contributed by atoms with Crippen molar-refractivity contribution in [1.29, 1.82) is 0 Å². The van der Waals surface area contributed by atoms with Crippen LogP contribution in [0.5, 0.6) is 5.75 Å². The summed E-state index contributed by atoms with van der Waals surface area (Å²) in [6, 6.07) is 16.0. The fourth-order valence-corrected chi connectivity index (χ4v) is 2.35. The number of nitrogens with one attached hydrogen (secondary N) is 1. The van der Waals surface area contributed by atoms with Crippen LogP contribution >= 0.6 is 0 Å². The molecular weight excluding hydrogens is 352 g/mol. The van der Waals surface area contributed by atoms with Crippen LogP contribution in [0, 0.1) is 10.1 Å². The number of non-ortho nitro benzene ring substituents is 1. The van der Waals surface area contributed by atoms with E-state index < -0.39 is 4.92 Å². The average molecular weight is 368 g/mol. The Bertz CT molecular complexity index is 932. The minimum atomic E-state index is -0.506. The van der Waals surface area contributed by atoms with Gasteiger partial charge in [-0.05, 0) is 48.5 Å². The van der Waals surface area contributed by atoms with Crippen LogP contribution in [0.25, 0.3) is 11.3 Å². The lowest BCUT2D eigenvalue weighted by molar-refractivity contribution is -0.384. The van der Waals surface area contributed by atoms with E-state index in [4.69, 9.17) is 14.3 Å². The summed E-state index contributed by atoms with van der Waals surface area (Å²) in [5, 5.41) is 22.3. The smallest absolute Gasteiger partial charge is 0.269 e. The Kier molecular flexibility index (Phi) is 5.48. The number of rotatable bonds is 7. The van der Waals surface area contributed by atoms with Gasteiger partial charge in [0.25, 0.3) is 11.6 Å². The van der Waals surface area contributed by atoms with Crippen molar-refractivity contribution in [2.24, 2.45) is 0 Å². The first kappa shape index (κ1) is 18.2. The zero-order chi connectivity index (χ0) is 19.2. The van der Waals surface area contributed by atoms with Crippen molar-refractivity contribution in [1.82, 2.24) is 0 Å². The van der Waals surface area contributed by atoms with Gasteiger partial charge in [0.2, 0.25) is 0 Å². The summed E-state index contributed by atoms with van der Waals surface area (Å²) in [7, 11) is 0. The lowest BCUT2D eigenvalue weighted by atomic mass is 10.1. The van der Waals surface area contributed by atoms with Crippen LogP contribution < -0.4 is 10.1 Å². The summed E-state index contributed by atoms with van der Waals surface area (Å²) in [6.45, 7) is -0.388. The second kappa shape index (κ2) is 8.15. The molecule has 3 rings (SSSR count). The lowest BCUT2D eigenvalue weighted by Crippen LogP contribution is -2.20. The maximum atomic E-state index is 12.0. The monoisotopic (exact) mass is 368 g/mol.